The summed E-state index contributed by atoms with van der Waals surface area (Å²) in [4.78, 5) is 29.9. The van der Waals surface area contributed by atoms with E-state index in [2.05, 4.69) is 43.2 Å². The van der Waals surface area contributed by atoms with Crippen LogP contribution in [0.4, 0.5) is 4.79 Å². The summed E-state index contributed by atoms with van der Waals surface area (Å²) in [6, 6.07) is 8.25. The molecule has 0 radical (unpaired) electrons. The van der Waals surface area contributed by atoms with Crippen LogP contribution >= 0.6 is 0 Å². The predicted molar refractivity (Wildman–Crippen MR) is 132 cm³/mol. The molecule has 2 aromatic rings. The second-order valence-corrected chi connectivity index (χ2v) is 10.9. The fourth-order valence-corrected chi connectivity index (χ4v) is 4.85. The van der Waals surface area contributed by atoms with Crippen molar-refractivity contribution in [3.63, 3.8) is 0 Å². The summed E-state index contributed by atoms with van der Waals surface area (Å²) in [5.74, 6) is 0.885. The molecule has 2 aliphatic rings. The van der Waals surface area contributed by atoms with E-state index in [1.54, 1.807) is 11.1 Å². The molecule has 0 bridgehead atoms. The van der Waals surface area contributed by atoms with Gasteiger partial charge in [0.1, 0.15) is 5.60 Å². The number of ether oxygens (including phenoxy) is 1. The molecule has 1 aromatic carbocycles. The van der Waals surface area contributed by atoms with Crippen LogP contribution < -0.4 is 0 Å². The summed E-state index contributed by atoms with van der Waals surface area (Å²) in [5.41, 5.74) is 3.30. The van der Waals surface area contributed by atoms with Gasteiger partial charge in [-0.05, 0) is 71.4 Å². The van der Waals surface area contributed by atoms with Gasteiger partial charge >= 0.3 is 6.09 Å². The molecule has 4 rings (SSSR count). The standard InChI is InChI=1S/C27H38N4O3/c1-19-6-8-22(9-7-19)31-24(21-12-16-30(17-13-21)26(33)34-27(3,4)5)23(18-28-31)25(32)29-14-10-20(2)11-15-29/h6-9,18,20-21H,10-17H2,1-5H3. The normalized spacial score (nSPS) is 18.3. The van der Waals surface area contributed by atoms with Crippen molar-refractivity contribution in [2.45, 2.75) is 71.8 Å². The first-order valence-corrected chi connectivity index (χ1v) is 12.5. The Labute approximate surface area is 203 Å². The first-order valence-electron chi connectivity index (χ1n) is 12.5. The number of benzene rings is 1. The molecule has 0 aliphatic carbocycles. The molecule has 7 nitrogen and oxygen atoms in total. The molecule has 3 heterocycles. The number of aryl methyl sites for hydroxylation is 1. The number of aromatic nitrogens is 2. The van der Waals surface area contributed by atoms with Crippen LogP contribution in [0.5, 0.6) is 0 Å². The van der Waals surface area contributed by atoms with E-state index in [4.69, 9.17) is 4.74 Å². The van der Waals surface area contributed by atoms with E-state index in [0.717, 1.165) is 50.2 Å². The number of likely N-dealkylation sites (tertiary alicyclic amines) is 2. The van der Waals surface area contributed by atoms with Crippen LogP contribution in [0.1, 0.15) is 80.9 Å². The third-order valence-electron chi connectivity index (χ3n) is 6.92. The van der Waals surface area contributed by atoms with Crippen molar-refractivity contribution in [1.82, 2.24) is 19.6 Å². The van der Waals surface area contributed by atoms with Crippen molar-refractivity contribution in [3.8, 4) is 5.69 Å². The van der Waals surface area contributed by atoms with E-state index in [-0.39, 0.29) is 17.9 Å². The lowest BCUT2D eigenvalue weighted by atomic mass is 9.90. The minimum atomic E-state index is -0.510. The minimum Gasteiger partial charge on any atom is -0.444 e. The molecule has 0 unspecified atom stereocenters. The maximum atomic E-state index is 13.6. The van der Waals surface area contributed by atoms with Gasteiger partial charge in [-0.25, -0.2) is 9.48 Å². The van der Waals surface area contributed by atoms with E-state index in [1.165, 1.54) is 5.56 Å². The maximum absolute atomic E-state index is 13.6. The summed E-state index contributed by atoms with van der Waals surface area (Å²) in [6.45, 7) is 12.8. The average Bonchev–Trinajstić information content (AvgIpc) is 3.23. The molecule has 0 spiro atoms. The fourth-order valence-electron chi connectivity index (χ4n) is 4.85. The third kappa shape index (κ3) is 5.45. The largest absolute Gasteiger partial charge is 0.444 e. The number of rotatable bonds is 3. The topological polar surface area (TPSA) is 67.7 Å². The van der Waals surface area contributed by atoms with Gasteiger partial charge in [0, 0.05) is 32.1 Å². The first kappa shape index (κ1) is 24.3. The summed E-state index contributed by atoms with van der Waals surface area (Å²) in [5, 5.41) is 4.69. The number of carbonyl (C=O) groups is 2. The quantitative estimate of drug-likeness (QED) is 0.626. The zero-order valence-electron chi connectivity index (χ0n) is 21.2. The summed E-state index contributed by atoms with van der Waals surface area (Å²) >= 11 is 0. The van der Waals surface area contributed by atoms with Crippen molar-refractivity contribution in [3.05, 3.63) is 47.3 Å². The first-order chi connectivity index (χ1) is 16.1. The zero-order valence-corrected chi connectivity index (χ0v) is 21.2. The van der Waals surface area contributed by atoms with Gasteiger partial charge < -0.3 is 14.5 Å². The van der Waals surface area contributed by atoms with Gasteiger partial charge in [-0.3, -0.25) is 4.79 Å². The van der Waals surface area contributed by atoms with E-state index in [0.29, 0.717) is 24.6 Å². The molecule has 1 aromatic heterocycles. The third-order valence-corrected chi connectivity index (χ3v) is 6.92. The molecule has 2 fully saturated rings. The maximum Gasteiger partial charge on any atom is 0.410 e. The average molecular weight is 467 g/mol. The number of nitrogens with zero attached hydrogens (tertiary/aromatic N) is 4. The predicted octanol–water partition coefficient (Wildman–Crippen LogP) is 5.17. The zero-order chi connectivity index (χ0) is 24.5. The molecule has 34 heavy (non-hydrogen) atoms. The lowest BCUT2D eigenvalue weighted by Gasteiger charge is -2.34. The van der Waals surface area contributed by atoms with E-state index >= 15 is 0 Å². The fraction of sp³-hybridized carbons (Fsp3) is 0.593. The molecule has 7 heteroatoms. The number of piperidine rings is 2. The molecule has 2 amide bonds. The number of carbonyl (C=O) groups excluding carboxylic acids is 2. The SMILES string of the molecule is Cc1ccc(-n2ncc(C(=O)N3CCC(C)CC3)c2C2CCN(C(=O)OC(C)(C)C)CC2)cc1. The highest BCUT2D eigenvalue weighted by molar-refractivity contribution is 5.95. The molecule has 184 valence electrons. The van der Waals surface area contributed by atoms with Crippen molar-refractivity contribution < 1.29 is 14.3 Å². The summed E-state index contributed by atoms with van der Waals surface area (Å²) in [7, 11) is 0. The number of hydrogen-bond donors (Lipinski definition) is 0. The van der Waals surface area contributed by atoms with E-state index < -0.39 is 5.60 Å². The highest BCUT2D eigenvalue weighted by Crippen LogP contribution is 2.34. The van der Waals surface area contributed by atoms with Gasteiger partial charge in [0.25, 0.3) is 5.91 Å². The van der Waals surface area contributed by atoms with Crippen LogP contribution in [0.3, 0.4) is 0 Å². The van der Waals surface area contributed by atoms with Crippen molar-refractivity contribution >= 4 is 12.0 Å². The Morgan fingerprint density at radius 3 is 2.12 bits per heavy atom. The molecular weight excluding hydrogens is 428 g/mol. The Balaban J connectivity index is 1.59. The van der Waals surface area contributed by atoms with Crippen LogP contribution in [0.2, 0.25) is 0 Å². The Kier molecular flexibility index (Phi) is 7.01. The van der Waals surface area contributed by atoms with Gasteiger partial charge in [-0.1, -0.05) is 24.6 Å². The van der Waals surface area contributed by atoms with Gasteiger partial charge in [-0.2, -0.15) is 5.10 Å². The molecule has 2 saturated heterocycles. The Morgan fingerprint density at radius 2 is 1.53 bits per heavy atom. The lowest BCUT2D eigenvalue weighted by Crippen LogP contribution is -2.42. The smallest absolute Gasteiger partial charge is 0.410 e. The van der Waals surface area contributed by atoms with Gasteiger partial charge in [-0.15, -0.1) is 0 Å². The Hall–Kier alpha value is -2.83. The van der Waals surface area contributed by atoms with Gasteiger partial charge in [0.2, 0.25) is 0 Å². The molecule has 0 N–H and O–H groups in total. The summed E-state index contributed by atoms with van der Waals surface area (Å²) in [6.07, 6.45) is 5.11. The second kappa shape index (κ2) is 9.80. The molecule has 2 aliphatic heterocycles. The van der Waals surface area contributed by atoms with Crippen LogP contribution in [-0.4, -0.2) is 63.4 Å². The molecular formula is C27H38N4O3. The highest BCUT2D eigenvalue weighted by Gasteiger charge is 2.33. The molecule has 0 atom stereocenters. The summed E-state index contributed by atoms with van der Waals surface area (Å²) < 4.78 is 7.50. The van der Waals surface area contributed by atoms with Gasteiger partial charge in [0.15, 0.2) is 0 Å². The van der Waals surface area contributed by atoms with Gasteiger partial charge in [0.05, 0.1) is 23.1 Å². The van der Waals surface area contributed by atoms with E-state index in [9.17, 15) is 9.59 Å². The highest BCUT2D eigenvalue weighted by atomic mass is 16.6. The van der Waals surface area contributed by atoms with Crippen LogP contribution in [0, 0.1) is 12.8 Å². The number of amides is 2. The Morgan fingerprint density at radius 1 is 0.941 bits per heavy atom. The van der Waals surface area contributed by atoms with Crippen molar-refractivity contribution in [2.24, 2.45) is 5.92 Å². The van der Waals surface area contributed by atoms with E-state index in [1.807, 2.05) is 30.4 Å². The molecule has 0 saturated carbocycles. The van der Waals surface area contributed by atoms with Crippen LogP contribution in [-0.2, 0) is 4.74 Å². The monoisotopic (exact) mass is 466 g/mol. The van der Waals surface area contributed by atoms with Crippen LogP contribution in [0.25, 0.3) is 5.69 Å². The number of hydrogen-bond acceptors (Lipinski definition) is 4. The Bertz CT molecular complexity index is 1010. The van der Waals surface area contributed by atoms with Crippen LogP contribution in [0.15, 0.2) is 30.5 Å². The van der Waals surface area contributed by atoms with Crippen molar-refractivity contribution in [2.75, 3.05) is 26.2 Å². The second-order valence-electron chi connectivity index (χ2n) is 10.9. The lowest BCUT2D eigenvalue weighted by molar-refractivity contribution is 0.0202. The van der Waals surface area contributed by atoms with Crippen molar-refractivity contribution in [1.29, 1.82) is 0 Å². The minimum absolute atomic E-state index is 0.0785.